The number of rotatable bonds is 7. The Morgan fingerprint density at radius 1 is 0.147 bits per heavy atom. The summed E-state index contributed by atoms with van der Waals surface area (Å²) in [6.45, 7) is -0.0405. The Bertz CT molecular complexity index is 6360. The molecule has 0 spiro atoms. The topological polar surface area (TPSA) is 19.7 Å². The van der Waals surface area contributed by atoms with Crippen molar-refractivity contribution in [3.8, 4) is 22.7 Å². The summed E-state index contributed by atoms with van der Waals surface area (Å²) in [5.74, 6) is 0. The Labute approximate surface area is 546 Å². The van der Waals surface area contributed by atoms with Crippen LogP contribution in [-0.2, 0) is 0 Å². The molecular formula is C90H55BN4. The highest BCUT2D eigenvalue weighted by Crippen LogP contribution is 2.46. The molecule has 5 heteroatoms. The summed E-state index contributed by atoms with van der Waals surface area (Å²) in [6.07, 6.45) is 0. The van der Waals surface area contributed by atoms with E-state index in [1.807, 2.05) is 0 Å². The van der Waals surface area contributed by atoms with Crippen LogP contribution in [0.4, 0.5) is 0 Å². The molecular weight excluding hydrogens is 1150 g/mol. The van der Waals surface area contributed by atoms with Crippen LogP contribution < -0.4 is 16.4 Å². The number of nitrogens with zero attached hydrogens (tertiary/aromatic N) is 4. The third kappa shape index (κ3) is 7.43. The molecule has 0 saturated heterocycles. The van der Waals surface area contributed by atoms with Crippen molar-refractivity contribution in [2.45, 2.75) is 0 Å². The summed E-state index contributed by atoms with van der Waals surface area (Å²) in [5, 5.41) is 25.0. The van der Waals surface area contributed by atoms with Gasteiger partial charge in [-0.1, -0.05) is 277 Å². The van der Waals surface area contributed by atoms with Crippen molar-refractivity contribution in [2.75, 3.05) is 0 Å². The minimum atomic E-state index is -0.0405. The summed E-state index contributed by atoms with van der Waals surface area (Å²) < 4.78 is 10.1. The molecule has 21 rings (SSSR count). The Balaban J connectivity index is 0.730. The normalized spacial score (nSPS) is 12.2. The van der Waals surface area contributed by atoms with Gasteiger partial charge in [0.25, 0.3) is 0 Å². The molecule has 0 fully saturated rings. The molecule has 95 heavy (non-hydrogen) atoms. The second-order valence-electron chi connectivity index (χ2n) is 25.8. The van der Waals surface area contributed by atoms with E-state index in [2.05, 4.69) is 352 Å². The fourth-order valence-corrected chi connectivity index (χ4v) is 17.0. The largest absolute Gasteiger partial charge is 0.307 e. The van der Waals surface area contributed by atoms with Crippen LogP contribution in [0.3, 0.4) is 0 Å². The Morgan fingerprint density at radius 2 is 0.358 bits per heavy atom. The van der Waals surface area contributed by atoms with Gasteiger partial charge in [0.05, 0.1) is 44.1 Å². The number of hydrogen-bond donors (Lipinski definition) is 0. The quantitative estimate of drug-likeness (QED) is 0.112. The maximum atomic E-state index is 2.53. The molecule has 0 aliphatic heterocycles. The molecule has 0 N–H and O–H groups in total. The first-order valence-electron chi connectivity index (χ1n) is 33.0. The number of para-hydroxylation sites is 4. The molecule has 4 aromatic heterocycles. The molecule has 0 aliphatic rings. The van der Waals surface area contributed by atoms with Gasteiger partial charge in [-0.2, -0.15) is 0 Å². The summed E-state index contributed by atoms with van der Waals surface area (Å²) >= 11 is 0. The maximum absolute atomic E-state index is 2.53. The van der Waals surface area contributed by atoms with E-state index >= 15 is 0 Å². The Morgan fingerprint density at radius 3 is 0.663 bits per heavy atom. The molecule has 17 aromatic carbocycles. The lowest BCUT2D eigenvalue weighted by Gasteiger charge is -2.18. The zero-order chi connectivity index (χ0) is 62.0. The number of aromatic nitrogens is 4. The lowest BCUT2D eigenvalue weighted by Crippen LogP contribution is -2.51. The third-order valence-corrected chi connectivity index (χ3v) is 21.0. The van der Waals surface area contributed by atoms with Gasteiger partial charge in [0.15, 0.2) is 0 Å². The van der Waals surface area contributed by atoms with Crippen molar-refractivity contribution in [1.29, 1.82) is 0 Å². The summed E-state index contributed by atoms with van der Waals surface area (Å²) in [6, 6.07) is 125. The summed E-state index contributed by atoms with van der Waals surface area (Å²) in [5.41, 5.74) is 17.7. The Hall–Kier alpha value is -12.4. The first-order chi connectivity index (χ1) is 47.2. The third-order valence-electron chi connectivity index (χ3n) is 21.0. The molecule has 0 aliphatic carbocycles. The molecule has 0 atom stereocenters. The fourth-order valence-electron chi connectivity index (χ4n) is 17.0. The van der Waals surface area contributed by atoms with E-state index in [-0.39, 0.29) is 6.71 Å². The smallest absolute Gasteiger partial charge is 0.241 e. The molecule has 0 bridgehead atoms. The van der Waals surface area contributed by atoms with Crippen molar-refractivity contribution in [2.24, 2.45) is 0 Å². The summed E-state index contributed by atoms with van der Waals surface area (Å²) in [7, 11) is 0. The van der Waals surface area contributed by atoms with E-state index in [1.54, 1.807) is 0 Å². The van der Waals surface area contributed by atoms with E-state index in [4.69, 9.17) is 0 Å². The molecule has 0 amide bonds. The van der Waals surface area contributed by atoms with Crippen LogP contribution >= 0.6 is 0 Å². The standard InChI is InChI=1S/C90H55BN4/c1-2-20-56(21-3-1)91(57-38-42-59(43-39-57)92-83-34-16-12-30-73(83)77-50-52-79-75-32-14-18-36-85(75)94(89(79)87(77)92)61-46-48-71-67-26-6-4-22-63(67)65-24-8-10-28-69(65)81(71)54-61)58-40-44-60(45-41-58)93-84-35-17-13-31-74(84)78-51-53-80-76-33-15-19-37-86(76)95(90(80)88(78)93)62-47-49-72-68-27-7-5-23-64(68)66-25-9-11-29-70(66)82(72)55-62/h1-55H. The number of benzene rings is 17. The molecule has 4 nitrogen and oxygen atoms in total. The maximum Gasteiger partial charge on any atom is 0.241 e. The lowest BCUT2D eigenvalue weighted by molar-refractivity contribution is 1.15. The minimum absolute atomic E-state index is 0.0405. The van der Waals surface area contributed by atoms with Gasteiger partial charge in [-0.25, -0.2) is 0 Å². The number of hydrogen-bond acceptors (Lipinski definition) is 0. The van der Waals surface area contributed by atoms with Gasteiger partial charge in [0.2, 0.25) is 6.71 Å². The van der Waals surface area contributed by atoms with E-state index in [1.165, 1.54) is 168 Å². The zero-order valence-electron chi connectivity index (χ0n) is 51.6. The van der Waals surface area contributed by atoms with Crippen molar-refractivity contribution in [3.63, 3.8) is 0 Å². The van der Waals surface area contributed by atoms with Gasteiger partial charge >= 0.3 is 0 Å². The van der Waals surface area contributed by atoms with Crippen LogP contribution in [-0.4, -0.2) is 25.0 Å². The van der Waals surface area contributed by atoms with Crippen LogP contribution in [0.15, 0.2) is 334 Å². The first kappa shape index (κ1) is 52.2. The van der Waals surface area contributed by atoms with Crippen molar-refractivity contribution >= 4 is 175 Å². The molecule has 438 valence electrons. The molecule has 0 unspecified atom stereocenters. The van der Waals surface area contributed by atoms with Crippen LogP contribution in [0.1, 0.15) is 0 Å². The average molecular weight is 1200 g/mol. The van der Waals surface area contributed by atoms with Crippen molar-refractivity contribution in [3.05, 3.63) is 334 Å². The van der Waals surface area contributed by atoms with Gasteiger partial charge in [0.1, 0.15) is 0 Å². The monoisotopic (exact) mass is 1200 g/mol. The number of fused-ring (bicyclic) bond motifs is 26. The average Bonchev–Trinajstić information content (AvgIpc) is 1.60. The molecule has 0 radical (unpaired) electrons. The molecule has 4 heterocycles. The van der Waals surface area contributed by atoms with Crippen molar-refractivity contribution < 1.29 is 0 Å². The van der Waals surface area contributed by atoms with Crippen molar-refractivity contribution in [1.82, 2.24) is 18.3 Å². The first-order valence-corrected chi connectivity index (χ1v) is 33.0. The predicted molar refractivity (Wildman–Crippen MR) is 406 cm³/mol. The van der Waals surface area contributed by atoms with E-state index in [9.17, 15) is 0 Å². The van der Waals surface area contributed by atoms with Crippen LogP contribution in [0.25, 0.3) is 175 Å². The van der Waals surface area contributed by atoms with E-state index in [0.717, 1.165) is 22.7 Å². The van der Waals surface area contributed by atoms with Crippen LogP contribution in [0.5, 0.6) is 0 Å². The fraction of sp³-hybridized carbons (Fsp3) is 0. The minimum Gasteiger partial charge on any atom is -0.307 e. The molecule has 0 saturated carbocycles. The van der Waals surface area contributed by atoms with Gasteiger partial charge in [-0.3, -0.25) is 0 Å². The highest BCUT2D eigenvalue weighted by Gasteiger charge is 2.27. The SMILES string of the molecule is c1ccc(B(c2ccc(-n3c4ccccc4c4ccc5c6ccccc6n(-c6ccc7c8ccccc8c8ccccc8c7c6)c5c43)cc2)c2ccc(-n3c4ccccc4c4ccc5c6ccccc6n(-c6ccc7c8ccccc8c8ccccc8c7c6)c5c43)cc2)cc1. The predicted octanol–water partition coefficient (Wildman–Crippen LogP) is 21.5. The zero-order valence-corrected chi connectivity index (χ0v) is 51.6. The Kier molecular flexibility index (Phi) is 11.0. The molecule has 21 aromatic rings. The second-order valence-corrected chi connectivity index (χ2v) is 25.8. The summed E-state index contributed by atoms with van der Waals surface area (Å²) in [4.78, 5) is 0. The van der Waals surface area contributed by atoms with Gasteiger partial charge in [0, 0.05) is 65.8 Å². The van der Waals surface area contributed by atoms with E-state index < -0.39 is 0 Å². The van der Waals surface area contributed by atoms with Gasteiger partial charge in [-0.15, -0.1) is 0 Å². The second kappa shape index (κ2) is 20.0. The van der Waals surface area contributed by atoms with E-state index in [0.29, 0.717) is 0 Å². The van der Waals surface area contributed by atoms with Gasteiger partial charge < -0.3 is 18.3 Å². The van der Waals surface area contributed by atoms with Crippen LogP contribution in [0, 0.1) is 0 Å². The lowest BCUT2D eigenvalue weighted by atomic mass is 9.37. The highest BCUT2D eigenvalue weighted by atomic mass is 15.1. The van der Waals surface area contributed by atoms with Crippen LogP contribution in [0.2, 0.25) is 0 Å². The highest BCUT2D eigenvalue weighted by molar-refractivity contribution is 6.95. The van der Waals surface area contributed by atoms with Gasteiger partial charge in [-0.05, 0) is 137 Å².